The summed E-state index contributed by atoms with van der Waals surface area (Å²) in [7, 11) is 0. The zero-order valence-corrected chi connectivity index (χ0v) is 10.5. The molecule has 0 spiro atoms. The number of nitrogens with one attached hydrogen (secondary N) is 1. The molecule has 1 unspecified atom stereocenters. The number of likely N-dealkylation sites (N-methyl/N-ethyl adjacent to an activating group) is 1. The van der Waals surface area contributed by atoms with E-state index in [9.17, 15) is 4.79 Å². The molecule has 1 saturated carbocycles. The summed E-state index contributed by atoms with van der Waals surface area (Å²) in [6, 6.07) is 2.66. The minimum absolute atomic E-state index is 0.0470. The Bertz CT molecular complexity index is 330. The van der Waals surface area contributed by atoms with Crippen molar-refractivity contribution in [2.24, 2.45) is 5.41 Å². The molecular weight excluding hydrogens is 214 g/mol. The molecule has 0 radical (unpaired) electrons. The molecule has 1 aliphatic carbocycles. The number of carbonyl (C=O) groups excluding carboxylic acids is 1. The minimum Gasteiger partial charge on any atom is -0.353 e. The first-order chi connectivity index (χ1) is 8.22. The van der Waals surface area contributed by atoms with Crippen molar-refractivity contribution in [3.8, 4) is 6.07 Å². The van der Waals surface area contributed by atoms with Gasteiger partial charge in [0.25, 0.3) is 0 Å². The Morgan fingerprint density at radius 1 is 1.53 bits per heavy atom. The molecule has 1 amide bonds. The van der Waals surface area contributed by atoms with Gasteiger partial charge in [0.15, 0.2) is 0 Å². The maximum absolute atomic E-state index is 12.0. The zero-order valence-electron chi connectivity index (χ0n) is 10.5. The lowest BCUT2D eigenvalue weighted by molar-refractivity contribution is -0.131. The molecule has 94 valence electrons. The van der Waals surface area contributed by atoms with E-state index >= 15 is 0 Å². The SMILES string of the molecule is CCN1CCCC1CNC(=O)C1(C#N)CCC1. The van der Waals surface area contributed by atoms with E-state index in [4.69, 9.17) is 5.26 Å². The largest absolute Gasteiger partial charge is 0.353 e. The second-order valence-electron chi connectivity index (χ2n) is 5.18. The number of nitriles is 1. The number of nitrogens with zero attached hydrogens (tertiary/aromatic N) is 2. The van der Waals surface area contributed by atoms with Gasteiger partial charge in [-0.05, 0) is 45.2 Å². The Labute approximate surface area is 103 Å². The van der Waals surface area contributed by atoms with Gasteiger partial charge in [0, 0.05) is 12.6 Å². The van der Waals surface area contributed by atoms with Gasteiger partial charge in [-0.3, -0.25) is 9.69 Å². The fraction of sp³-hybridized carbons (Fsp3) is 0.846. The lowest BCUT2D eigenvalue weighted by Crippen LogP contribution is -2.48. The number of carbonyl (C=O) groups is 1. The van der Waals surface area contributed by atoms with Gasteiger partial charge in [0.05, 0.1) is 6.07 Å². The van der Waals surface area contributed by atoms with Crippen molar-refractivity contribution in [1.29, 1.82) is 5.26 Å². The smallest absolute Gasteiger partial charge is 0.240 e. The van der Waals surface area contributed by atoms with Crippen LogP contribution in [0.2, 0.25) is 0 Å². The highest BCUT2D eigenvalue weighted by molar-refractivity contribution is 5.86. The fourth-order valence-corrected chi connectivity index (χ4v) is 2.84. The molecule has 1 saturated heterocycles. The van der Waals surface area contributed by atoms with Crippen LogP contribution in [-0.2, 0) is 4.79 Å². The molecule has 2 fully saturated rings. The van der Waals surface area contributed by atoms with Crippen molar-refractivity contribution in [3.63, 3.8) is 0 Å². The number of likely N-dealkylation sites (tertiary alicyclic amines) is 1. The standard InChI is InChI=1S/C13H21N3O/c1-2-16-8-3-5-11(16)9-15-12(17)13(10-14)6-4-7-13/h11H,2-9H2,1H3,(H,15,17). The summed E-state index contributed by atoms with van der Waals surface area (Å²) in [5.41, 5.74) is -0.699. The molecule has 0 aromatic rings. The normalized spacial score (nSPS) is 27.2. The van der Waals surface area contributed by atoms with Crippen molar-refractivity contribution in [3.05, 3.63) is 0 Å². The summed E-state index contributed by atoms with van der Waals surface area (Å²) in [6.07, 6.45) is 4.85. The monoisotopic (exact) mass is 235 g/mol. The number of hydrogen-bond acceptors (Lipinski definition) is 3. The molecule has 2 rings (SSSR count). The van der Waals surface area contributed by atoms with Crippen molar-refractivity contribution >= 4 is 5.91 Å². The van der Waals surface area contributed by atoms with Crippen molar-refractivity contribution < 1.29 is 4.79 Å². The molecule has 4 nitrogen and oxygen atoms in total. The first kappa shape index (κ1) is 12.4. The average Bonchev–Trinajstić information content (AvgIpc) is 2.72. The van der Waals surface area contributed by atoms with Gasteiger partial charge in [-0.25, -0.2) is 0 Å². The zero-order chi connectivity index (χ0) is 12.3. The summed E-state index contributed by atoms with van der Waals surface area (Å²) in [5.74, 6) is -0.0470. The Hall–Kier alpha value is -1.08. The van der Waals surface area contributed by atoms with Crippen LogP contribution in [0.3, 0.4) is 0 Å². The van der Waals surface area contributed by atoms with E-state index in [0.29, 0.717) is 12.6 Å². The molecule has 1 aliphatic heterocycles. The van der Waals surface area contributed by atoms with E-state index in [0.717, 1.165) is 38.8 Å². The lowest BCUT2D eigenvalue weighted by atomic mass is 9.69. The van der Waals surface area contributed by atoms with Gasteiger partial charge in [-0.1, -0.05) is 6.92 Å². The van der Waals surface area contributed by atoms with Crippen LogP contribution in [-0.4, -0.2) is 36.5 Å². The molecule has 2 aliphatic rings. The molecule has 1 atom stereocenters. The highest BCUT2D eigenvalue weighted by Gasteiger charge is 2.44. The van der Waals surface area contributed by atoms with E-state index in [1.54, 1.807) is 0 Å². The third kappa shape index (κ3) is 2.30. The maximum atomic E-state index is 12.0. The van der Waals surface area contributed by atoms with Gasteiger partial charge in [0.1, 0.15) is 5.41 Å². The van der Waals surface area contributed by atoms with Gasteiger partial charge in [-0.2, -0.15) is 5.26 Å². The average molecular weight is 235 g/mol. The highest BCUT2D eigenvalue weighted by atomic mass is 16.2. The number of hydrogen-bond donors (Lipinski definition) is 1. The fourth-order valence-electron chi connectivity index (χ4n) is 2.84. The number of rotatable bonds is 4. The van der Waals surface area contributed by atoms with Crippen LogP contribution in [0.5, 0.6) is 0 Å². The van der Waals surface area contributed by atoms with Crippen LogP contribution in [0.4, 0.5) is 0 Å². The quantitative estimate of drug-likeness (QED) is 0.798. The number of amides is 1. The van der Waals surface area contributed by atoms with E-state index in [1.165, 1.54) is 6.42 Å². The summed E-state index contributed by atoms with van der Waals surface area (Å²) >= 11 is 0. The van der Waals surface area contributed by atoms with Crippen LogP contribution in [0.25, 0.3) is 0 Å². The molecule has 0 aromatic heterocycles. The van der Waals surface area contributed by atoms with Crippen molar-refractivity contribution in [1.82, 2.24) is 10.2 Å². The van der Waals surface area contributed by atoms with E-state index in [1.807, 2.05) is 0 Å². The molecule has 4 heteroatoms. The van der Waals surface area contributed by atoms with E-state index in [-0.39, 0.29) is 5.91 Å². The van der Waals surface area contributed by atoms with Gasteiger partial charge in [-0.15, -0.1) is 0 Å². The van der Waals surface area contributed by atoms with Crippen molar-refractivity contribution in [2.75, 3.05) is 19.6 Å². The summed E-state index contributed by atoms with van der Waals surface area (Å²) in [6.45, 7) is 5.04. The molecule has 0 bridgehead atoms. The third-order valence-electron chi connectivity index (χ3n) is 4.26. The van der Waals surface area contributed by atoms with Crippen molar-refractivity contribution in [2.45, 2.75) is 45.1 Å². The van der Waals surface area contributed by atoms with Crippen LogP contribution in [0.1, 0.15) is 39.0 Å². The third-order valence-corrected chi connectivity index (χ3v) is 4.26. The van der Waals surface area contributed by atoms with Gasteiger partial charge < -0.3 is 5.32 Å². The Balaban J connectivity index is 1.82. The minimum atomic E-state index is -0.699. The van der Waals surface area contributed by atoms with Gasteiger partial charge in [0.2, 0.25) is 5.91 Å². The molecule has 1 heterocycles. The van der Waals surface area contributed by atoms with E-state index < -0.39 is 5.41 Å². The molecular formula is C13H21N3O. The lowest BCUT2D eigenvalue weighted by Gasteiger charge is -2.34. The Kier molecular flexibility index (Phi) is 3.68. The topological polar surface area (TPSA) is 56.1 Å². The van der Waals surface area contributed by atoms with Crippen LogP contribution in [0.15, 0.2) is 0 Å². The van der Waals surface area contributed by atoms with Crippen LogP contribution in [0, 0.1) is 16.7 Å². The van der Waals surface area contributed by atoms with Crippen LogP contribution >= 0.6 is 0 Å². The summed E-state index contributed by atoms with van der Waals surface area (Å²) in [5, 5.41) is 12.1. The summed E-state index contributed by atoms with van der Waals surface area (Å²) in [4.78, 5) is 14.4. The first-order valence-corrected chi connectivity index (χ1v) is 6.65. The van der Waals surface area contributed by atoms with Gasteiger partial charge >= 0.3 is 0 Å². The maximum Gasteiger partial charge on any atom is 0.240 e. The first-order valence-electron chi connectivity index (χ1n) is 6.65. The predicted octanol–water partition coefficient (Wildman–Crippen LogP) is 1.28. The molecule has 0 aromatic carbocycles. The molecule has 17 heavy (non-hydrogen) atoms. The summed E-state index contributed by atoms with van der Waals surface area (Å²) < 4.78 is 0. The second kappa shape index (κ2) is 5.05. The predicted molar refractivity (Wildman–Crippen MR) is 65.2 cm³/mol. The Morgan fingerprint density at radius 2 is 2.29 bits per heavy atom. The van der Waals surface area contributed by atoms with Crippen LogP contribution < -0.4 is 5.32 Å². The molecule has 1 N–H and O–H groups in total. The Morgan fingerprint density at radius 3 is 2.82 bits per heavy atom. The highest BCUT2D eigenvalue weighted by Crippen LogP contribution is 2.40. The second-order valence-corrected chi connectivity index (χ2v) is 5.18. The van der Waals surface area contributed by atoms with E-state index in [2.05, 4.69) is 23.2 Å².